The molecule has 2 N–H and O–H groups in total. The molecule has 3 heterocycles. The standard InChI is InChI=1S/C12H14N4O2S/c13-19(17,18)12-5-4-9(6-15-12)11-3-1-2-10-7-14-8-16(10)11/h4-8,11H,1-3H2,(H2,13,17,18). The van der Waals surface area contributed by atoms with Crippen LogP contribution in [0, 0.1) is 0 Å². The highest BCUT2D eigenvalue weighted by Crippen LogP contribution is 2.30. The molecule has 0 bridgehead atoms. The highest BCUT2D eigenvalue weighted by atomic mass is 32.2. The summed E-state index contributed by atoms with van der Waals surface area (Å²) in [5.74, 6) is 0. The van der Waals surface area contributed by atoms with Gasteiger partial charge in [-0.15, -0.1) is 0 Å². The number of hydrogen-bond acceptors (Lipinski definition) is 4. The summed E-state index contributed by atoms with van der Waals surface area (Å²) in [7, 11) is -3.73. The topological polar surface area (TPSA) is 90.9 Å². The van der Waals surface area contributed by atoms with Crippen LogP contribution in [0.25, 0.3) is 0 Å². The monoisotopic (exact) mass is 278 g/mol. The number of primary sulfonamides is 1. The molecule has 1 aliphatic heterocycles. The first-order chi connectivity index (χ1) is 9.05. The van der Waals surface area contributed by atoms with Gasteiger partial charge in [-0.2, -0.15) is 0 Å². The van der Waals surface area contributed by atoms with Crippen molar-refractivity contribution in [3.05, 3.63) is 42.1 Å². The van der Waals surface area contributed by atoms with Crippen LogP contribution in [0.4, 0.5) is 0 Å². The molecule has 0 amide bonds. The summed E-state index contributed by atoms with van der Waals surface area (Å²) in [4.78, 5) is 8.10. The van der Waals surface area contributed by atoms with E-state index in [1.54, 1.807) is 12.3 Å². The molecule has 1 unspecified atom stereocenters. The smallest absolute Gasteiger partial charge is 0.255 e. The SMILES string of the molecule is NS(=O)(=O)c1ccc(C2CCCc3cncn32)cn1. The third kappa shape index (κ3) is 2.26. The predicted octanol–water partition coefficient (Wildman–Crippen LogP) is 0.851. The Morgan fingerprint density at radius 1 is 1.32 bits per heavy atom. The van der Waals surface area contributed by atoms with Crippen molar-refractivity contribution in [1.29, 1.82) is 0 Å². The molecule has 100 valence electrons. The number of nitrogens with zero attached hydrogens (tertiary/aromatic N) is 3. The van der Waals surface area contributed by atoms with Gasteiger partial charge >= 0.3 is 0 Å². The zero-order chi connectivity index (χ0) is 13.5. The third-order valence-corrected chi connectivity index (χ3v) is 4.25. The number of pyridine rings is 1. The van der Waals surface area contributed by atoms with Crippen LogP contribution in [-0.4, -0.2) is 23.0 Å². The van der Waals surface area contributed by atoms with Crippen molar-refractivity contribution in [2.24, 2.45) is 5.14 Å². The summed E-state index contributed by atoms with van der Waals surface area (Å²) < 4.78 is 24.5. The highest BCUT2D eigenvalue weighted by Gasteiger charge is 2.21. The first-order valence-corrected chi connectivity index (χ1v) is 7.60. The average Bonchev–Trinajstić information content (AvgIpc) is 2.86. The first-order valence-electron chi connectivity index (χ1n) is 6.05. The minimum absolute atomic E-state index is 0.0992. The molecule has 7 heteroatoms. The fraction of sp³-hybridized carbons (Fsp3) is 0.333. The van der Waals surface area contributed by atoms with E-state index < -0.39 is 10.0 Å². The van der Waals surface area contributed by atoms with Gasteiger partial charge in [-0.3, -0.25) is 0 Å². The van der Waals surface area contributed by atoms with Gasteiger partial charge in [0.05, 0.1) is 12.4 Å². The Kier molecular flexibility index (Phi) is 2.87. The van der Waals surface area contributed by atoms with Crippen molar-refractivity contribution in [2.75, 3.05) is 0 Å². The third-order valence-electron chi connectivity index (χ3n) is 3.43. The molecular formula is C12H14N4O2S. The van der Waals surface area contributed by atoms with Gasteiger partial charge in [-0.25, -0.2) is 23.5 Å². The average molecular weight is 278 g/mol. The van der Waals surface area contributed by atoms with Gasteiger partial charge in [0.2, 0.25) is 0 Å². The van der Waals surface area contributed by atoms with E-state index in [0.29, 0.717) is 0 Å². The number of aryl methyl sites for hydroxylation is 1. The quantitative estimate of drug-likeness (QED) is 0.881. The lowest BCUT2D eigenvalue weighted by Gasteiger charge is -2.25. The van der Waals surface area contributed by atoms with E-state index in [1.807, 2.05) is 12.5 Å². The van der Waals surface area contributed by atoms with Gasteiger partial charge in [-0.1, -0.05) is 6.07 Å². The Morgan fingerprint density at radius 3 is 2.84 bits per heavy atom. The van der Waals surface area contributed by atoms with Crippen LogP contribution in [0.5, 0.6) is 0 Å². The van der Waals surface area contributed by atoms with Crippen LogP contribution < -0.4 is 5.14 Å². The number of rotatable bonds is 2. The second kappa shape index (κ2) is 4.43. The fourth-order valence-corrected chi connectivity index (χ4v) is 2.96. The Balaban J connectivity index is 1.97. The molecular weight excluding hydrogens is 264 g/mol. The van der Waals surface area contributed by atoms with Gasteiger partial charge < -0.3 is 4.57 Å². The maximum absolute atomic E-state index is 11.2. The second-order valence-corrected chi connectivity index (χ2v) is 6.18. The van der Waals surface area contributed by atoms with Gasteiger partial charge in [0.15, 0.2) is 5.03 Å². The van der Waals surface area contributed by atoms with E-state index in [1.165, 1.54) is 11.8 Å². The first kappa shape index (κ1) is 12.3. The van der Waals surface area contributed by atoms with Crippen LogP contribution in [-0.2, 0) is 16.4 Å². The van der Waals surface area contributed by atoms with Crippen LogP contribution in [0.2, 0.25) is 0 Å². The van der Waals surface area contributed by atoms with Crippen LogP contribution in [0.1, 0.15) is 30.1 Å². The number of aromatic nitrogens is 3. The minimum atomic E-state index is -3.73. The van der Waals surface area contributed by atoms with E-state index >= 15 is 0 Å². The Labute approximate surface area is 111 Å². The lowest BCUT2D eigenvalue weighted by molar-refractivity contribution is 0.456. The molecule has 0 aromatic carbocycles. The van der Waals surface area contributed by atoms with Gasteiger partial charge in [0, 0.05) is 18.1 Å². The van der Waals surface area contributed by atoms with E-state index in [2.05, 4.69) is 14.5 Å². The molecule has 1 atom stereocenters. The van der Waals surface area contributed by atoms with E-state index in [9.17, 15) is 8.42 Å². The van der Waals surface area contributed by atoms with Crippen LogP contribution in [0.15, 0.2) is 35.9 Å². The fourth-order valence-electron chi connectivity index (χ4n) is 2.51. The molecule has 2 aromatic rings. The van der Waals surface area contributed by atoms with Gasteiger partial charge in [0.1, 0.15) is 0 Å². The van der Waals surface area contributed by atoms with E-state index in [4.69, 9.17) is 5.14 Å². The van der Waals surface area contributed by atoms with Crippen molar-refractivity contribution in [3.8, 4) is 0 Å². The molecule has 2 aromatic heterocycles. The number of fused-ring (bicyclic) bond motifs is 1. The summed E-state index contributed by atoms with van der Waals surface area (Å²) in [6, 6.07) is 3.40. The Bertz CT molecular complexity index is 691. The lowest BCUT2D eigenvalue weighted by Crippen LogP contribution is -2.19. The summed E-state index contributed by atoms with van der Waals surface area (Å²) in [6.07, 6.45) is 8.39. The van der Waals surface area contributed by atoms with Crippen LogP contribution >= 0.6 is 0 Å². The number of nitrogens with two attached hydrogens (primary N) is 1. The molecule has 0 spiro atoms. The molecule has 3 rings (SSSR count). The van der Waals surface area contributed by atoms with Crippen molar-refractivity contribution in [2.45, 2.75) is 30.3 Å². The molecule has 6 nitrogen and oxygen atoms in total. The zero-order valence-corrected chi connectivity index (χ0v) is 11.0. The summed E-state index contributed by atoms with van der Waals surface area (Å²) in [5, 5.41) is 4.94. The molecule has 0 aliphatic carbocycles. The largest absolute Gasteiger partial charge is 0.327 e. The maximum Gasteiger partial charge on any atom is 0.255 e. The number of hydrogen-bond donors (Lipinski definition) is 1. The zero-order valence-electron chi connectivity index (χ0n) is 10.2. The van der Waals surface area contributed by atoms with Crippen molar-refractivity contribution < 1.29 is 8.42 Å². The molecule has 0 fully saturated rings. The van der Waals surface area contributed by atoms with Crippen molar-refractivity contribution in [3.63, 3.8) is 0 Å². The molecule has 0 saturated heterocycles. The molecule has 19 heavy (non-hydrogen) atoms. The predicted molar refractivity (Wildman–Crippen MR) is 68.9 cm³/mol. The molecule has 0 saturated carbocycles. The highest BCUT2D eigenvalue weighted by molar-refractivity contribution is 7.89. The van der Waals surface area contributed by atoms with Crippen molar-refractivity contribution in [1.82, 2.24) is 14.5 Å². The maximum atomic E-state index is 11.2. The van der Waals surface area contributed by atoms with Crippen LogP contribution in [0.3, 0.4) is 0 Å². The van der Waals surface area contributed by atoms with E-state index in [-0.39, 0.29) is 11.1 Å². The number of sulfonamides is 1. The summed E-state index contributed by atoms with van der Waals surface area (Å²) >= 11 is 0. The summed E-state index contributed by atoms with van der Waals surface area (Å²) in [6.45, 7) is 0. The van der Waals surface area contributed by atoms with E-state index in [0.717, 1.165) is 24.8 Å². The second-order valence-electron chi connectivity index (χ2n) is 4.68. The lowest BCUT2D eigenvalue weighted by atomic mass is 9.98. The minimum Gasteiger partial charge on any atom is -0.327 e. The molecule has 1 aliphatic rings. The van der Waals surface area contributed by atoms with Gasteiger partial charge in [-0.05, 0) is 30.9 Å². The molecule has 0 radical (unpaired) electrons. The number of imidazole rings is 1. The summed E-state index contributed by atoms with van der Waals surface area (Å²) in [5.41, 5.74) is 2.18. The Morgan fingerprint density at radius 2 is 2.16 bits per heavy atom. The normalized spacial score (nSPS) is 19.1. The Hall–Kier alpha value is -1.73. The van der Waals surface area contributed by atoms with Crippen molar-refractivity contribution >= 4 is 10.0 Å². The van der Waals surface area contributed by atoms with Gasteiger partial charge in [0.25, 0.3) is 10.0 Å².